The van der Waals surface area contributed by atoms with Crippen molar-refractivity contribution in [1.82, 2.24) is 15.0 Å². The number of likely N-dealkylation sites (tertiary alicyclic amines) is 1. The fourth-order valence-electron chi connectivity index (χ4n) is 4.21. The molecule has 0 aromatic carbocycles. The minimum atomic E-state index is -0.235. The van der Waals surface area contributed by atoms with Gasteiger partial charge >= 0.3 is 0 Å². The Kier molecular flexibility index (Phi) is 4.12. The van der Waals surface area contributed by atoms with Crippen molar-refractivity contribution in [3.8, 4) is 11.3 Å². The first kappa shape index (κ1) is 15.7. The van der Waals surface area contributed by atoms with Crippen LogP contribution in [-0.4, -0.2) is 51.5 Å². The quantitative estimate of drug-likeness (QED) is 0.927. The van der Waals surface area contributed by atoms with Crippen LogP contribution >= 0.6 is 0 Å². The molecule has 0 unspecified atom stereocenters. The number of fused-ring (bicyclic) bond motifs is 1. The molecule has 0 radical (unpaired) electrons. The molecule has 6 heteroatoms. The van der Waals surface area contributed by atoms with Crippen molar-refractivity contribution in [3.05, 3.63) is 36.4 Å². The minimum absolute atomic E-state index is 0.118. The first-order valence-electron chi connectivity index (χ1n) is 8.53. The molecule has 1 aliphatic carbocycles. The van der Waals surface area contributed by atoms with Gasteiger partial charge in [-0.15, -0.1) is 0 Å². The predicted octanol–water partition coefficient (Wildman–Crippen LogP) is 2.24. The van der Waals surface area contributed by atoms with E-state index < -0.39 is 0 Å². The molecule has 1 saturated carbocycles. The Hall–Kier alpha value is -1.76. The van der Waals surface area contributed by atoms with Gasteiger partial charge in [0.15, 0.2) is 5.76 Å². The second-order valence-electron chi connectivity index (χ2n) is 6.85. The van der Waals surface area contributed by atoms with Gasteiger partial charge in [0.25, 0.3) is 0 Å². The fourth-order valence-corrected chi connectivity index (χ4v) is 4.21. The second-order valence-corrected chi connectivity index (χ2v) is 6.85. The van der Waals surface area contributed by atoms with Crippen LogP contribution in [0.3, 0.4) is 0 Å². The van der Waals surface area contributed by atoms with Crippen LogP contribution in [0.4, 0.5) is 0 Å². The monoisotopic (exact) mass is 329 g/mol. The van der Waals surface area contributed by atoms with Crippen molar-refractivity contribution in [2.75, 3.05) is 13.7 Å². The van der Waals surface area contributed by atoms with E-state index in [-0.39, 0.29) is 17.7 Å². The van der Waals surface area contributed by atoms with E-state index in [2.05, 4.69) is 15.0 Å². The van der Waals surface area contributed by atoms with Gasteiger partial charge in [0.2, 0.25) is 0 Å². The molecule has 0 amide bonds. The minimum Gasteiger partial charge on any atom is -0.393 e. The standard InChI is InChI=1S/C18H23N3O3/c1-23-18-5-2-14(22)10-17(18)21(9-6-18)12-15-11-16(20-24-15)13-3-7-19-8-4-13/h3-4,7-8,11,14,17,22H,2,5-6,9-10,12H2,1H3/t14-,17+,18-/m1/s1. The van der Waals surface area contributed by atoms with Gasteiger partial charge in [-0.05, 0) is 37.8 Å². The average Bonchev–Trinajstić information content (AvgIpc) is 3.22. The van der Waals surface area contributed by atoms with Gasteiger partial charge in [0.1, 0.15) is 5.69 Å². The molecule has 1 aliphatic heterocycles. The molecule has 128 valence electrons. The summed E-state index contributed by atoms with van der Waals surface area (Å²) >= 11 is 0. The van der Waals surface area contributed by atoms with Crippen LogP contribution < -0.4 is 0 Å². The fraction of sp³-hybridized carbons (Fsp3) is 0.556. The topological polar surface area (TPSA) is 71.6 Å². The number of rotatable bonds is 4. The summed E-state index contributed by atoms with van der Waals surface area (Å²) < 4.78 is 11.4. The maximum absolute atomic E-state index is 10.1. The molecule has 24 heavy (non-hydrogen) atoms. The normalized spacial score (nSPS) is 30.4. The summed E-state index contributed by atoms with van der Waals surface area (Å²) in [5.41, 5.74) is 1.71. The Morgan fingerprint density at radius 3 is 3.00 bits per heavy atom. The molecular weight excluding hydrogens is 306 g/mol. The first-order chi connectivity index (χ1) is 11.7. The van der Waals surface area contributed by atoms with Gasteiger partial charge in [0, 0.05) is 43.7 Å². The van der Waals surface area contributed by atoms with Gasteiger partial charge in [-0.2, -0.15) is 0 Å². The summed E-state index contributed by atoms with van der Waals surface area (Å²) in [5, 5.41) is 14.3. The van der Waals surface area contributed by atoms with Crippen molar-refractivity contribution in [2.45, 2.75) is 50.0 Å². The van der Waals surface area contributed by atoms with Crippen LogP contribution in [0.25, 0.3) is 11.3 Å². The number of methoxy groups -OCH3 is 1. The molecule has 2 aliphatic rings. The average molecular weight is 329 g/mol. The number of hydrogen-bond donors (Lipinski definition) is 1. The van der Waals surface area contributed by atoms with E-state index >= 15 is 0 Å². The summed E-state index contributed by atoms with van der Waals surface area (Å²) in [6.07, 6.45) is 6.78. The SMILES string of the molecule is CO[C@@]12CC[C@@H](O)C[C@@H]1N(Cc1cc(-c3ccncc3)no1)CC2. The van der Waals surface area contributed by atoms with Crippen LogP contribution in [-0.2, 0) is 11.3 Å². The van der Waals surface area contributed by atoms with Crippen molar-refractivity contribution in [3.63, 3.8) is 0 Å². The number of aliphatic hydroxyl groups is 1. The Balaban J connectivity index is 1.51. The zero-order valence-electron chi connectivity index (χ0n) is 13.9. The molecule has 0 spiro atoms. The Morgan fingerprint density at radius 1 is 1.38 bits per heavy atom. The maximum Gasteiger partial charge on any atom is 0.151 e. The van der Waals surface area contributed by atoms with E-state index in [4.69, 9.17) is 9.26 Å². The van der Waals surface area contributed by atoms with Crippen molar-refractivity contribution < 1.29 is 14.4 Å². The Bertz CT molecular complexity index is 690. The van der Waals surface area contributed by atoms with E-state index in [0.29, 0.717) is 6.54 Å². The summed E-state index contributed by atoms with van der Waals surface area (Å²) in [7, 11) is 1.80. The molecular formula is C18H23N3O3. The first-order valence-corrected chi connectivity index (χ1v) is 8.53. The molecule has 1 saturated heterocycles. The summed E-state index contributed by atoms with van der Waals surface area (Å²) in [5.74, 6) is 0.841. The summed E-state index contributed by atoms with van der Waals surface area (Å²) in [6, 6.07) is 6.07. The van der Waals surface area contributed by atoms with Gasteiger partial charge < -0.3 is 14.4 Å². The number of ether oxygens (including phenoxy) is 1. The Morgan fingerprint density at radius 2 is 2.21 bits per heavy atom. The summed E-state index contributed by atoms with van der Waals surface area (Å²) in [6.45, 7) is 1.65. The van der Waals surface area contributed by atoms with Gasteiger partial charge in [0.05, 0.1) is 18.2 Å². The zero-order valence-corrected chi connectivity index (χ0v) is 13.9. The predicted molar refractivity (Wildman–Crippen MR) is 88.1 cm³/mol. The van der Waals surface area contributed by atoms with Gasteiger partial charge in [-0.1, -0.05) is 5.16 Å². The van der Waals surface area contributed by atoms with Crippen LogP contribution in [0.15, 0.2) is 35.1 Å². The highest BCUT2D eigenvalue weighted by Crippen LogP contribution is 2.43. The second kappa shape index (κ2) is 6.27. The molecule has 2 fully saturated rings. The van der Waals surface area contributed by atoms with E-state index in [9.17, 15) is 5.11 Å². The molecule has 0 bridgehead atoms. The van der Waals surface area contributed by atoms with Crippen molar-refractivity contribution >= 4 is 0 Å². The number of pyridine rings is 1. The van der Waals surface area contributed by atoms with Crippen LogP contribution in [0.5, 0.6) is 0 Å². The lowest BCUT2D eigenvalue weighted by molar-refractivity contribution is -0.0886. The van der Waals surface area contributed by atoms with Gasteiger partial charge in [-0.25, -0.2) is 0 Å². The lowest BCUT2D eigenvalue weighted by Gasteiger charge is -2.42. The third kappa shape index (κ3) is 2.75. The van der Waals surface area contributed by atoms with Crippen molar-refractivity contribution in [2.24, 2.45) is 0 Å². The molecule has 6 nitrogen and oxygen atoms in total. The Labute approximate surface area is 141 Å². The van der Waals surface area contributed by atoms with E-state index in [0.717, 1.165) is 49.2 Å². The number of nitrogens with zero attached hydrogens (tertiary/aromatic N) is 3. The van der Waals surface area contributed by atoms with Gasteiger partial charge in [-0.3, -0.25) is 9.88 Å². The van der Waals surface area contributed by atoms with Crippen LogP contribution in [0, 0.1) is 0 Å². The summed E-state index contributed by atoms with van der Waals surface area (Å²) in [4.78, 5) is 6.39. The molecule has 3 heterocycles. The molecule has 2 aromatic rings. The largest absolute Gasteiger partial charge is 0.393 e. The van der Waals surface area contributed by atoms with E-state index in [1.165, 1.54) is 0 Å². The zero-order chi connectivity index (χ0) is 16.6. The third-order valence-corrected chi connectivity index (χ3v) is 5.57. The smallest absolute Gasteiger partial charge is 0.151 e. The highest BCUT2D eigenvalue weighted by atomic mass is 16.5. The van der Waals surface area contributed by atoms with Crippen LogP contribution in [0.1, 0.15) is 31.4 Å². The van der Waals surface area contributed by atoms with Crippen molar-refractivity contribution in [1.29, 1.82) is 0 Å². The third-order valence-electron chi connectivity index (χ3n) is 5.57. The number of aliphatic hydroxyl groups excluding tert-OH is 1. The maximum atomic E-state index is 10.1. The lowest BCUT2D eigenvalue weighted by atomic mass is 9.79. The number of hydrogen-bond acceptors (Lipinski definition) is 6. The molecule has 1 N–H and O–H groups in total. The number of aromatic nitrogens is 2. The van der Waals surface area contributed by atoms with Crippen LogP contribution in [0.2, 0.25) is 0 Å². The highest BCUT2D eigenvalue weighted by molar-refractivity contribution is 5.57. The molecule has 4 rings (SSSR count). The van der Waals surface area contributed by atoms with E-state index in [1.807, 2.05) is 18.2 Å². The molecule has 3 atom stereocenters. The lowest BCUT2D eigenvalue weighted by Crippen LogP contribution is -2.51. The van der Waals surface area contributed by atoms with E-state index in [1.54, 1.807) is 19.5 Å². The highest BCUT2D eigenvalue weighted by Gasteiger charge is 2.50. The molecule has 2 aromatic heterocycles.